The van der Waals surface area contributed by atoms with Gasteiger partial charge in [0, 0.05) is 31.4 Å². The number of nitrogens with zero attached hydrogens (tertiary/aromatic N) is 4. The first kappa shape index (κ1) is 16.8. The van der Waals surface area contributed by atoms with E-state index in [4.69, 9.17) is 0 Å². The number of benzene rings is 1. The lowest BCUT2D eigenvalue weighted by Crippen LogP contribution is -2.40. The summed E-state index contributed by atoms with van der Waals surface area (Å²) in [4.78, 5) is 4.45. The molecule has 6 heteroatoms. The van der Waals surface area contributed by atoms with Gasteiger partial charge in [-0.2, -0.15) is 5.10 Å². The Kier molecular flexibility index (Phi) is 5.04. The number of hydrogen-bond acceptors (Lipinski definition) is 4. The average molecular weight is 332 g/mol. The van der Waals surface area contributed by atoms with Gasteiger partial charge < -0.3 is 4.90 Å². The predicted octanol–water partition coefficient (Wildman–Crippen LogP) is 3.42. The second-order valence-corrected chi connectivity index (χ2v) is 6.36. The number of aromatic nitrogens is 2. The molecule has 0 saturated carbocycles. The highest BCUT2D eigenvalue weighted by Gasteiger charge is 2.28. The molecule has 0 amide bonds. The van der Waals surface area contributed by atoms with Crippen LogP contribution in [-0.4, -0.2) is 41.3 Å². The Hall–Kier alpha value is -2.08. The Morgan fingerprint density at radius 2 is 2.12 bits per heavy atom. The highest BCUT2D eigenvalue weighted by molar-refractivity contribution is 5.39. The fraction of sp³-hybridized carbons (Fsp3) is 0.444. The first-order valence-electron chi connectivity index (χ1n) is 8.26. The van der Waals surface area contributed by atoms with E-state index in [0.717, 1.165) is 37.3 Å². The highest BCUT2D eigenvalue weighted by atomic mass is 19.2. The molecule has 0 N–H and O–H groups in total. The second kappa shape index (κ2) is 7.21. The van der Waals surface area contributed by atoms with Crippen LogP contribution in [0.5, 0.6) is 0 Å². The fourth-order valence-corrected chi connectivity index (χ4v) is 3.29. The molecular formula is C18H22F2N4. The largest absolute Gasteiger partial charge is 0.351 e. The van der Waals surface area contributed by atoms with E-state index >= 15 is 0 Å². The van der Waals surface area contributed by atoms with Crippen LogP contribution in [-0.2, 0) is 0 Å². The van der Waals surface area contributed by atoms with E-state index in [-0.39, 0.29) is 6.04 Å². The molecule has 24 heavy (non-hydrogen) atoms. The van der Waals surface area contributed by atoms with Crippen LogP contribution in [0.1, 0.15) is 31.4 Å². The zero-order valence-electron chi connectivity index (χ0n) is 14.0. The van der Waals surface area contributed by atoms with Gasteiger partial charge in [0.25, 0.3) is 0 Å². The minimum absolute atomic E-state index is 0.00408. The number of anilines is 1. The van der Waals surface area contributed by atoms with Gasteiger partial charge in [0.05, 0.1) is 0 Å². The van der Waals surface area contributed by atoms with Gasteiger partial charge in [0.15, 0.2) is 17.5 Å². The van der Waals surface area contributed by atoms with Gasteiger partial charge in [0.1, 0.15) is 0 Å². The molecule has 4 nitrogen and oxygen atoms in total. The van der Waals surface area contributed by atoms with Gasteiger partial charge in [-0.15, -0.1) is 5.10 Å². The van der Waals surface area contributed by atoms with Gasteiger partial charge in [-0.05, 0) is 56.6 Å². The van der Waals surface area contributed by atoms with Crippen LogP contribution in [0.25, 0.3) is 0 Å². The summed E-state index contributed by atoms with van der Waals surface area (Å²) in [5.74, 6) is -0.707. The summed E-state index contributed by atoms with van der Waals surface area (Å²) in [6.07, 6.45) is 3.88. The molecule has 1 aromatic heterocycles. The molecule has 1 aliphatic heterocycles. The molecule has 128 valence electrons. The summed E-state index contributed by atoms with van der Waals surface area (Å²) in [7, 11) is 2.01. The molecule has 0 spiro atoms. The molecule has 2 unspecified atom stereocenters. The Morgan fingerprint density at radius 1 is 1.29 bits per heavy atom. The third-order valence-electron chi connectivity index (χ3n) is 4.82. The van der Waals surface area contributed by atoms with E-state index < -0.39 is 11.6 Å². The van der Waals surface area contributed by atoms with E-state index in [9.17, 15) is 8.78 Å². The molecule has 2 atom stereocenters. The predicted molar refractivity (Wildman–Crippen MR) is 89.8 cm³/mol. The topological polar surface area (TPSA) is 32.3 Å². The number of rotatable bonds is 5. The molecule has 2 aromatic rings. The van der Waals surface area contributed by atoms with Gasteiger partial charge in [-0.3, -0.25) is 4.90 Å². The first-order chi connectivity index (χ1) is 11.6. The first-order valence-corrected chi connectivity index (χ1v) is 8.26. The molecule has 3 rings (SSSR count). The van der Waals surface area contributed by atoms with Crippen molar-refractivity contribution in [3.8, 4) is 0 Å². The molecule has 1 aliphatic rings. The number of hydrogen-bond donors (Lipinski definition) is 0. The van der Waals surface area contributed by atoms with Gasteiger partial charge in [-0.25, -0.2) is 8.78 Å². The normalized spacial score (nSPS) is 19.0. The lowest BCUT2D eigenvalue weighted by molar-refractivity contribution is 0.244. The Balaban J connectivity index is 1.69. The molecule has 0 aliphatic carbocycles. The maximum Gasteiger partial charge on any atom is 0.159 e. The van der Waals surface area contributed by atoms with Crippen LogP contribution >= 0.6 is 0 Å². The maximum absolute atomic E-state index is 13.5. The molecule has 1 saturated heterocycles. The van der Waals surface area contributed by atoms with Crippen molar-refractivity contribution < 1.29 is 8.78 Å². The SMILES string of the molecule is CC(c1ccc(F)c(F)c1)N(C)CC1CCCN1c1cccnn1. The van der Waals surface area contributed by atoms with Crippen LogP contribution < -0.4 is 4.90 Å². The van der Waals surface area contributed by atoms with Crippen molar-refractivity contribution >= 4 is 5.82 Å². The van der Waals surface area contributed by atoms with Gasteiger partial charge in [0.2, 0.25) is 0 Å². The lowest BCUT2D eigenvalue weighted by Gasteiger charge is -2.32. The van der Waals surface area contributed by atoms with Crippen molar-refractivity contribution in [2.24, 2.45) is 0 Å². The Morgan fingerprint density at radius 3 is 2.83 bits per heavy atom. The molecule has 1 fully saturated rings. The van der Waals surface area contributed by atoms with Crippen molar-refractivity contribution in [2.45, 2.75) is 31.8 Å². The van der Waals surface area contributed by atoms with E-state index in [2.05, 4.69) is 20.0 Å². The summed E-state index contributed by atoms with van der Waals surface area (Å²) < 4.78 is 26.6. The molecule has 2 heterocycles. The van der Waals surface area contributed by atoms with Gasteiger partial charge >= 0.3 is 0 Å². The van der Waals surface area contributed by atoms with Crippen molar-refractivity contribution in [2.75, 3.05) is 25.0 Å². The minimum atomic E-state index is -0.807. The minimum Gasteiger partial charge on any atom is -0.351 e. The molecule has 0 bridgehead atoms. The van der Waals surface area contributed by atoms with Crippen LogP contribution in [0.3, 0.4) is 0 Å². The van der Waals surface area contributed by atoms with Crippen molar-refractivity contribution in [1.29, 1.82) is 0 Å². The second-order valence-electron chi connectivity index (χ2n) is 6.36. The van der Waals surface area contributed by atoms with Crippen LogP contribution in [0.4, 0.5) is 14.6 Å². The van der Waals surface area contributed by atoms with E-state index in [0.29, 0.717) is 6.04 Å². The fourth-order valence-electron chi connectivity index (χ4n) is 3.29. The standard InChI is InChI=1S/C18H22F2N4/c1-13(14-7-8-16(19)17(20)11-14)23(2)12-15-5-4-10-24(15)18-6-3-9-21-22-18/h3,6-9,11,13,15H,4-5,10,12H2,1-2H3. The van der Waals surface area contributed by atoms with Gasteiger partial charge in [-0.1, -0.05) is 6.07 Å². The number of halogens is 2. The summed E-state index contributed by atoms with van der Waals surface area (Å²) in [6, 6.07) is 8.34. The van der Waals surface area contributed by atoms with Crippen molar-refractivity contribution in [3.63, 3.8) is 0 Å². The van der Waals surface area contributed by atoms with E-state index in [1.54, 1.807) is 12.3 Å². The quantitative estimate of drug-likeness (QED) is 0.840. The molecular weight excluding hydrogens is 310 g/mol. The monoisotopic (exact) mass is 332 g/mol. The lowest BCUT2D eigenvalue weighted by atomic mass is 10.1. The molecule has 0 radical (unpaired) electrons. The summed E-state index contributed by atoms with van der Waals surface area (Å²) in [6.45, 7) is 3.81. The third kappa shape index (κ3) is 3.53. The van der Waals surface area contributed by atoms with Crippen LogP contribution in [0.2, 0.25) is 0 Å². The third-order valence-corrected chi connectivity index (χ3v) is 4.82. The summed E-state index contributed by atoms with van der Waals surface area (Å²) in [5, 5.41) is 8.17. The Bertz CT molecular complexity index is 680. The van der Waals surface area contributed by atoms with E-state index in [1.165, 1.54) is 12.1 Å². The summed E-state index contributed by atoms with van der Waals surface area (Å²) >= 11 is 0. The van der Waals surface area contributed by atoms with Crippen molar-refractivity contribution in [1.82, 2.24) is 15.1 Å². The molecule has 1 aromatic carbocycles. The van der Waals surface area contributed by atoms with E-state index in [1.807, 2.05) is 26.1 Å². The van der Waals surface area contributed by atoms with Crippen molar-refractivity contribution in [3.05, 3.63) is 53.7 Å². The maximum atomic E-state index is 13.5. The zero-order chi connectivity index (χ0) is 17.1. The van der Waals surface area contributed by atoms with Crippen LogP contribution in [0.15, 0.2) is 36.5 Å². The Labute approximate surface area is 141 Å². The smallest absolute Gasteiger partial charge is 0.159 e. The average Bonchev–Trinajstić information content (AvgIpc) is 3.05. The highest BCUT2D eigenvalue weighted by Crippen LogP contribution is 2.27. The zero-order valence-corrected chi connectivity index (χ0v) is 14.0. The number of likely N-dealkylation sites (N-methyl/N-ethyl adjacent to an activating group) is 1. The summed E-state index contributed by atoms with van der Waals surface area (Å²) in [5.41, 5.74) is 0.778. The van der Waals surface area contributed by atoms with Crippen LogP contribution in [0, 0.1) is 11.6 Å².